The predicted octanol–water partition coefficient (Wildman–Crippen LogP) is 0.949. The summed E-state index contributed by atoms with van der Waals surface area (Å²) in [6, 6.07) is 7.93. The fraction of sp³-hybridized carbons (Fsp3) is 0.222. The van der Waals surface area contributed by atoms with Crippen molar-refractivity contribution in [3.05, 3.63) is 40.4 Å². The highest BCUT2D eigenvalue weighted by Gasteiger charge is 1.98. The first-order valence-electron chi connectivity index (χ1n) is 3.97. The van der Waals surface area contributed by atoms with Crippen molar-refractivity contribution in [3.63, 3.8) is 0 Å². The van der Waals surface area contributed by atoms with Crippen LogP contribution in [0.2, 0.25) is 0 Å². The number of rotatable bonds is 3. The first-order valence-corrected chi connectivity index (χ1v) is 3.97. The largest absolute Gasteiger partial charge is 0.468 e. The molecule has 0 aliphatic carbocycles. The fourth-order valence-electron chi connectivity index (χ4n) is 0.618. The molecule has 15 heavy (non-hydrogen) atoms. The topological polar surface area (TPSA) is 101 Å². The van der Waals surface area contributed by atoms with E-state index in [9.17, 15) is 14.9 Å². The Balaban J connectivity index is 0. The molecule has 0 aromatic heterocycles. The van der Waals surface area contributed by atoms with E-state index in [0.29, 0.717) is 13.1 Å². The Labute approximate surface area is 86.9 Å². The molecule has 0 aliphatic rings. The monoisotopic (exact) mass is 215 g/mol. The van der Waals surface area contributed by atoms with Gasteiger partial charge in [0.1, 0.15) is 0 Å². The minimum Gasteiger partial charge on any atom is -0.468 e. The van der Waals surface area contributed by atoms with Gasteiger partial charge in [0, 0.05) is 12.1 Å². The van der Waals surface area contributed by atoms with Crippen LogP contribution in [0.15, 0.2) is 30.3 Å². The number of carbonyl (C=O) groups is 1. The molecule has 0 aliphatic heterocycles. The van der Waals surface area contributed by atoms with Crippen LogP contribution in [-0.2, 0) is 9.53 Å². The summed E-state index contributed by atoms with van der Waals surface area (Å²) < 4.78 is 4.15. The zero-order chi connectivity index (χ0) is 10.8. The second-order valence-corrected chi connectivity index (χ2v) is 2.14. The van der Waals surface area contributed by atoms with Crippen LogP contribution in [0.25, 0.3) is 0 Å². The van der Waals surface area contributed by atoms with Crippen LogP contribution in [0.4, 0.5) is 5.69 Å². The fourth-order valence-corrected chi connectivity index (χ4v) is 0.618. The van der Waals surface area contributed by atoms with Crippen LogP contribution in [0.1, 0.15) is 6.92 Å². The number of nitro benzene ring substituents is 1. The lowest BCUT2D eigenvalue weighted by molar-refractivity contribution is -0.384. The number of para-hydroxylation sites is 1. The van der Waals surface area contributed by atoms with Crippen LogP contribution < -0.4 is 0 Å². The Hall–Kier alpha value is -1.95. The molecule has 6 nitrogen and oxygen atoms in total. The Kier molecular flexibility index (Phi) is 10.5. The van der Waals surface area contributed by atoms with Gasteiger partial charge in [0.05, 0.1) is 11.5 Å². The number of benzene rings is 1. The van der Waals surface area contributed by atoms with E-state index in [2.05, 4.69) is 4.74 Å². The van der Waals surface area contributed by atoms with Crippen LogP contribution in [-0.4, -0.2) is 23.5 Å². The second kappa shape index (κ2) is 10.1. The molecule has 6 heteroatoms. The van der Waals surface area contributed by atoms with Crippen molar-refractivity contribution in [2.75, 3.05) is 6.61 Å². The maximum absolute atomic E-state index is 10.0. The van der Waals surface area contributed by atoms with Gasteiger partial charge in [-0.25, -0.2) is 0 Å². The molecule has 0 fully saturated rings. The lowest BCUT2D eigenvalue weighted by Gasteiger charge is -1.85. The lowest BCUT2D eigenvalue weighted by Crippen LogP contribution is -1.84. The van der Waals surface area contributed by atoms with E-state index in [1.54, 1.807) is 25.1 Å². The van der Waals surface area contributed by atoms with E-state index >= 15 is 0 Å². The van der Waals surface area contributed by atoms with Gasteiger partial charge in [-0.2, -0.15) is 0 Å². The minimum atomic E-state index is -0.417. The number of hydrogen-bond acceptors (Lipinski definition) is 4. The number of ether oxygens (including phenoxy) is 1. The quantitative estimate of drug-likeness (QED) is 0.425. The molecule has 0 radical (unpaired) electrons. The lowest BCUT2D eigenvalue weighted by atomic mass is 10.3. The van der Waals surface area contributed by atoms with E-state index in [1.807, 2.05) is 0 Å². The standard InChI is InChI=1S/C6H5NO2.C3H6O2.H2O/c8-7(9)6-4-2-1-3-5-6;1-2-5-3-4;/h1-5H;3H,2H2,1H3;1H2. The summed E-state index contributed by atoms with van der Waals surface area (Å²) in [6.45, 7) is 2.66. The maximum Gasteiger partial charge on any atom is 0.293 e. The Morgan fingerprint density at radius 2 is 1.93 bits per heavy atom. The molecule has 0 spiro atoms. The molecule has 84 valence electrons. The summed E-state index contributed by atoms with van der Waals surface area (Å²) in [5, 5.41) is 10.0. The molecular weight excluding hydrogens is 202 g/mol. The van der Waals surface area contributed by atoms with Gasteiger partial charge in [0.25, 0.3) is 12.2 Å². The average molecular weight is 215 g/mol. The van der Waals surface area contributed by atoms with E-state index in [1.165, 1.54) is 12.1 Å². The summed E-state index contributed by atoms with van der Waals surface area (Å²) in [5.74, 6) is 0. The van der Waals surface area contributed by atoms with Crippen molar-refractivity contribution in [2.45, 2.75) is 6.92 Å². The van der Waals surface area contributed by atoms with Gasteiger partial charge in [-0.1, -0.05) is 18.2 Å². The Bertz CT molecular complexity index is 275. The molecule has 1 aromatic rings. The Morgan fingerprint density at radius 1 is 1.40 bits per heavy atom. The number of hydrogen-bond donors (Lipinski definition) is 0. The van der Waals surface area contributed by atoms with Crippen LogP contribution in [0, 0.1) is 10.1 Å². The predicted molar refractivity (Wildman–Crippen MR) is 54.4 cm³/mol. The number of carbonyl (C=O) groups excluding carboxylic acids is 1. The molecule has 0 atom stereocenters. The molecule has 0 bridgehead atoms. The third-order valence-electron chi connectivity index (χ3n) is 1.20. The Morgan fingerprint density at radius 3 is 2.13 bits per heavy atom. The van der Waals surface area contributed by atoms with Gasteiger partial charge < -0.3 is 10.2 Å². The van der Waals surface area contributed by atoms with Crippen molar-refractivity contribution in [3.8, 4) is 0 Å². The van der Waals surface area contributed by atoms with Crippen LogP contribution in [0.3, 0.4) is 0 Å². The molecule has 1 aromatic carbocycles. The zero-order valence-corrected chi connectivity index (χ0v) is 8.25. The summed E-state index contributed by atoms with van der Waals surface area (Å²) >= 11 is 0. The third kappa shape index (κ3) is 8.38. The van der Waals surface area contributed by atoms with Crippen molar-refractivity contribution in [1.29, 1.82) is 0 Å². The highest BCUT2D eigenvalue weighted by atomic mass is 16.6. The van der Waals surface area contributed by atoms with E-state index < -0.39 is 4.92 Å². The average Bonchev–Trinajstić information content (AvgIpc) is 2.21. The normalized spacial score (nSPS) is 7.53. The first-order chi connectivity index (χ1) is 6.72. The summed E-state index contributed by atoms with van der Waals surface area (Å²) in [5.41, 5.74) is 0.137. The van der Waals surface area contributed by atoms with Crippen molar-refractivity contribution in [1.82, 2.24) is 0 Å². The molecule has 0 amide bonds. The molecule has 0 unspecified atom stereocenters. The molecule has 1 rings (SSSR count). The SMILES string of the molecule is CCOC=O.O.O=[N+]([O-])c1ccccc1. The van der Waals surface area contributed by atoms with Crippen molar-refractivity contribution in [2.24, 2.45) is 0 Å². The molecule has 0 saturated heterocycles. The third-order valence-corrected chi connectivity index (χ3v) is 1.20. The molecular formula is C9H13NO5. The summed E-state index contributed by atoms with van der Waals surface area (Å²) in [4.78, 5) is 18.8. The number of non-ortho nitro benzene ring substituents is 1. The van der Waals surface area contributed by atoms with Gasteiger partial charge in [-0.05, 0) is 6.92 Å². The zero-order valence-electron chi connectivity index (χ0n) is 8.25. The van der Waals surface area contributed by atoms with Crippen molar-refractivity contribution >= 4 is 12.2 Å². The minimum absolute atomic E-state index is 0. The van der Waals surface area contributed by atoms with Gasteiger partial charge in [-0.15, -0.1) is 0 Å². The highest BCUT2D eigenvalue weighted by molar-refractivity contribution is 5.36. The van der Waals surface area contributed by atoms with Gasteiger partial charge in [-0.3, -0.25) is 14.9 Å². The van der Waals surface area contributed by atoms with E-state index in [0.717, 1.165) is 0 Å². The summed E-state index contributed by atoms with van der Waals surface area (Å²) in [6.07, 6.45) is 0. The molecule has 2 N–H and O–H groups in total. The number of nitro groups is 1. The van der Waals surface area contributed by atoms with Gasteiger partial charge >= 0.3 is 0 Å². The molecule has 0 saturated carbocycles. The van der Waals surface area contributed by atoms with Gasteiger partial charge in [0.15, 0.2) is 0 Å². The van der Waals surface area contributed by atoms with Crippen LogP contribution >= 0.6 is 0 Å². The first kappa shape index (κ1) is 15.5. The van der Waals surface area contributed by atoms with Crippen LogP contribution in [0.5, 0.6) is 0 Å². The molecule has 0 heterocycles. The highest BCUT2D eigenvalue weighted by Crippen LogP contribution is 2.06. The van der Waals surface area contributed by atoms with Gasteiger partial charge in [0.2, 0.25) is 0 Å². The number of nitrogens with zero attached hydrogens (tertiary/aromatic N) is 1. The van der Waals surface area contributed by atoms with Crippen molar-refractivity contribution < 1.29 is 19.9 Å². The summed E-state index contributed by atoms with van der Waals surface area (Å²) in [7, 11) is 0. The maximum atomic E-state index is 10.0. The second-order valence-electron chi connectivity index (χ2n) is 2.14. The smallest absolute Gasteiger partial charge is 0.293 e. The van der Waals surface area contributed by atoms with E-state index in [-0.39, 0.29) is 11.2 Å². The van der Waals surface area contributed by atoms with E-state index in [4.69, 9.17) is 0 Å².